The smallest absolute Gasteiger partial charge is 0.296 e. The average molecular weight is 509 g/mol. The summed E-state index contributed by atoms with van der Waals surface area (Å²) in [7, 11) is 1.60. The van der Waals surface area contributed by atoms with Crippen LogP contribution in [-0.4, -0.2) is 69.6 Å². The quantitative estimate of drug-likeness (QED) is 0.315. The van der Waals surface area contributed by atoms with Crippen molar-refractivity contribution in [1.29, 1.82) is 0 Å². The second-order valence-electron chi connectivity index (χ2n) is 8.56. The van der Waals surface area contributed by atoms with Crippen LogP contribution >= 0.6 is 11.6 Å². The molecule has 0 saturated carbocycles. The van der Waals surface area contributed by atoms with Crippen LogP contribution in [0.5, 0.6) is 6.01 Å². The molecule has 5 rings (SSSR count). The van der Waals surface area contributed by atoms with Crippen molar-refractivity contribution < 1.29 is 24.5 Å². The zero-order valence-corrected chi connectivity index (χ0v) is 20.2. The molecule has 0 bridgehead atoms. The fourth-order valence-electron chi connectivity index (χ4n) is 4.18. The van der Waals surface area contributed by atoms with Crippen LogP contribution in [-0.2, 0) is 4.74 Å². The van der Waals surface area contributed by atoms with Gasteiger partial charge in [-0.3, -0.25) is 4.79 Å². The number of aliphatic hydroxyl groups is 2. The van der Waals surface area contributed by atoms with Gasteiger partial charge in [-0.1, -0.05) is 48.0 Å². The number of aliphatic hydroxyl groups excluding tert-OH is 2. The Labute approximate surface area is 212 Å². The summed E-state index contributed by atoms with van der Waals surface area (Å²) < 4.78 is 11.3. The van der Waals surface area contributed by atoms with E-state index < -0.39 is 18.3 Å². The summed E-state index contributed by atoms with van der Waals surface area (Å²) in [6.07, 6.45) is -1.50. The summed E-state index contributed by atoms with van der Waals surface area (Å²) in [6, 6.07) is 17.2. The molecule has 1 aliphatic heterocycles. The van der Waals surface area contributed by atoms with Gasteiger partial charge in [-0.15, -0.1) is 0 Å². The molecule has 186 valence electrons. The summed E-state index contributed by atoms with van der Waals surface area (Å²) >= 11 is 6.54. The SMILES string of the molecule is CNC(=O)c1ccc(-c2ccc(-c3nc4nc(OC5COC(CO)C(O)C5)[nH]c4cc3Cl)cc2)cc1. The number of imidazole rings is 1. The minimum atomic E-state index is -0.811. The minimum Gasteiger partial charge on any atom is -0.459 e. The third kappa shape index (κ3) is 4.91. The molecule has 3 heterocycles. The third-order valence-corrected chi connectivity index (χ3v) is 6.45. The van der Waals surface area contributed by atoms with Crippen LogP contribution in [0.25, 0.3) is 33.5 Å². The maximum absolute atomic E-state index is 11.8. The first kappa shape index (κ1) is 24.2. The molecule has 2 aromatic carbocycles. The number of fused-ring (bicyclic) bond motifs is 1. The molecule has 3 atom stereocenters. The Morgan fingerprint density at radius 3 is 2.44 bits per heavy atom. The summed E-state index contributed by atoms with van der Waals surface area (Å²) in [5.74, 6) is -0.125. The Balaban J connectivity index is 1.34. The number of nitrogens with one attached hydrogen (secondary N) is 2. The molecule has 0 radical (unpaired) electrons. The number of nitrogens with zero attached hydrogens (tertiary/aromatic N) is 2. The fraction of sp³-hybridized carbons (Fsp3) is 0.269. The Kier molecular flexibility index (Phi) is 6.88. The molecule has 2 aromatic heterocycles. The Bertz CT molecular complexity index is 1370. The fourth-order valence-corrected chi connectivity index (χ4v) is 4.44. The van der Waals surface area contributed by atoms with E-state index in [4.69, 9.17) is 21.1 Å². The molecule has 9 nitrogen and oxygen atoms in total. The number of carbonyl (C=O) groups is 1. The van der Waals surface area contributed by atoms with Crippen molar-refractivity contribution in [1.82, 2.24) is 20.3 Å². The number of H-pyrrole nitrogens is 1. The number of aromatic nitrogens is 3. The van der Waals surface area contributed by atoms with Crippen LogP contribution in [0, 0.1) is 0 Å². The molecular formula is C26H25ClN4O5. The standard InChI is InChI=1S/C26H25ClN4O5/c1-28-25(34)17-8-4-15(5-9-17)14-2-6-16(7-3-14)23-19(27)11-20-24(30-23)31-26(29-20)36-18-10-21(33)22(12-32)35-13-18/h2-9,11,18,21-22,32-33H,10,12-13H2,1H3,(H,28,34)(H,29,30,31). The molecule has 10 heteroatoms. The predicted molar refractivity (Wildman–Crippen MR) is 135 cm³/mol. The highest BCUT2D eigenvalue weighted by Gasteiger charge is 2.31. The lowest BCUT2D eigenvalue weighted by Gasteiger charge is -2.31. The van der Waals surface area contributed by atoms with Gasteiger partial charge in [-0.25, -0.2) is 4.98 Å². The number of amides is 1. The largest absolute Gasteiger partial charge is 0.459 e. The van der Waals surface area contributed by atoms with Crippen molar-refractivity contribution >= 4 is 28.7 Å². The van der Waals surface area contributed by atoms with Crippen molar-refractivity contribution in [2.75, 3.05) is 20.3 Å². The van der Waals surface area contributed by atoms with Gasteiger partial charge in [0.05, 0.1) is 35.6 Å². The third-order valence-electron chi connectivity index (χ3n) is 6.16. The summed E-state index contributed by atoms with van der Waals surface area (Å²) in [4.78, 5) is 23.9. The number of rotatable bonds is 6. The second kappa shape index (κ2) is 10.2. The van der Waals surface area contributed by atoms with Crippen LogP contribution in [0.3, 0.4) is 0 Å². The van der Waals surface area contributed by atoms with Crippen molar-refractivity contribution in [2.45, 2.75) is 24.7 Å². The number of hydrogen-bond acceptors (Lipinski definition) is 7. The van der Waals surface area contributed by atoms with Crippen LogP contribution in [0.15, 0.2) is 54.6 Å². The molecular weight excluding hydrogens is 484 g/mol. The number of ether oxygens (including phenoxy) is 2. The van der Waals surface area contributed by atoms with Crippen LogP contribution in [0.4, 0.5) is 0 Å². The topological polar surface area (TPSA) is 130 Å². The summed E-state index contributed by atoms with van der Waals surface area (Å²) in [6.45, 7) is -0.00565. The average Bonchev–Trinajstić information content (AvgIpc) is 3.29. The van der Waals surface area contributed by atoms with E-state index in [2.05, 4.69) is 20.3 Å². The van der Waals surface area contributed by atoms with E-state index in [1.54, 1.807) is 25.2 Å². The van der Waals surface area contributed by atoms with E-state index in [1.807, 2.05) is 36.4 Å². The first-order valence-corrected chi connectivity index (χ1v) is 11.9. The highest BCUT2D eigenvalue weighted by atomic mass is 35.5. The van der Waals surface area contributed by atoms with Gasteiger partial charge in [0.1, 0.15) is 12.2 Å². The van der Waals surface area contributed by atoms with Gasteiger partial charge in [0.25, 0.3) is 11.9 Å². The highest BCUT2D eigenvalue weighted by molar-refractivity contribution is 6.33. The van der Waals surface area contributed by atoms with Crippen molar-refractivity contribution in [3.8, 4) is 28.4 Å². The van der Waals surface area contributed by atoms with Crippen molar-refractivity contribution in [2.24, 2.45) is 0 Å². The molecule has 36 heavy (non-hydrogen) atoms. The van der Waals surface area contributed by atoms with Crippen molar-refractivity contribution in [3.05, 3.63) is 65.2 Å². The maximum Gasteiger partial charge on any atom is 0.296 e. The van der Waals surface area contributed by atoms with E-state index in [1.165, 1.54) is 0 Å². The van der Waals surface area contributed by atoms with Crippen LogP contribution in [0.2, 0.25) is 5.02 Å². The molecule has 1 fully saturated rings. The Morgan fingerprint density at radius 2 is 1.81 bits per heavy atom. The lowest BCUT2D eigenvalue weighted by molar-refractivity contribution is -0.131. The molecule has 1 saturated heterocycles. The van der Waals surface area contributed by atoms with Gasteiger partial charge >= 0.3 is 0 Å². The van der Waals surface area contributed by atoms with Gasteiger partial charge in [0.2, 0.25) is 0 Å². The monoisotopic (exact) mass is 508 g/mol. The molecule has 4 aromatic rings. The Morgan fingerprint density at radius 1 is 1.14 bits per heavy atom. The maximum atomic E-state index is 11.8. The minimum absolute atomic E-state index is 0.125. The summed E-state index contributed by atoms with van der Waals surface area (Å²) in [5.41, 5.74) is 5.07. The molecule has 4 N–H and O–H groups in total. The number of hydrogen-bond donors (Lipinski definition) is 4. The number of aromatic amines is 1. The predicted octanol–water partition coefficient (Wildman–Crippen LogP) is 3.19. The lowest BCUT2D eigenvalue weighted by Crippen LogP contribution is -2.45. The molecule has 0 spiro atoms. The first-order valence-electron chi connectivity index (χ1n) is 11.5. The van der Waals surface area contributed by atoms with Gasteiger partial charge in [-0.2, -0.15) is 4.98 Å². The van der Waals surface area contributed by atoms with Gasteiger partial charge < -0.3 is 30.0 Å². The first-order chi connectivity index (χ1) is 17.4. The van der Waals surface area contributed by atoms with E-state index in [0.29, 0.717) is 33.9 Å². The van der Waals surface area contributed by atoms with E-state index in [-0.39, 0.29) is 25.1 Å². The van der Waals surface area contributed by atoms with Crippen LogP contribution in [0.1, 0.15) is 16.8 Å². The van der Waals surface area contributed by atoms with E-state index >= 15 is 0 Å². The number of halogens is 1. The molecule has 0 aliphatic carbocycles. The molecule has 1 amide bonds. The summed E-state index contributed by atoms with van der Waals surface area (Å²) in [5, 5.41) is 22.3. The van der Waals surface area contributed by atoms with Crippen molar-refractivity contribution in [3.63, 3.8) is 0 Å². The van der Waals surface area contributed by atoms with Crippen LogP contribution < -0.4 is 10.1 Å². The van der Waals surface area contributed by atoms with Gasteiger partial charge in [0.15, 0.2) is 5.65 Å². The van der Waals surface area contributed by atoms with Gasteiger partial charge in [-0.05, 0) is 29.3 Å². The second-order valence-corrected chi connectivity index (χ2v) is 8.97. The normalized spacial score (nSPS) is 19.8. The zero-order valence-electron chi connectivity index (χ0n) is 19.4. The molecule has 1 aliphatic rings. The number of carbonyl (C=O) groups excluding carboxylic acids is 1. The number of benzene rings is 2. The van der Waals surface area contributed by atoms with Gasteiger partial charge in [0, 0.05) is 24.6 Å². The highest BCUT2D eigenvalue weighted by Crippen LogP contribution is 2.31. The number of pyridine rings is 1. The van der Waals surface area contributed by atoms with E-state index in [0.717, 1.165) is 16.7 Å². The van der Waals surface area contributed by atoms with E-state index in [9.17, 15) is 15.0 Å². The lowest BCUT2D eigenvalue weighted by atomic mass is 10.0. The zero-order chi connectivity index (χ0) is 25.2. The molecule has 3 unspecified atom stereocenters. The Hall–Kier alpha value is -3.50.